The second kappa shape index (κ2) is 4.15. The Morgan fingerprint density at radius 1 is 1.24 bits per heavy atom. The lowest BCUT2D eigenvalue weighted by Crippen LogP contribution is -2.23. The molecule has 2 aromatic rings. The van der Waals surface area contributed by atoms with Crippen molar-refractivity contribution in [3.05, 3.63) is 59.9 Å². The zero-order valence-electron chi connectivity index (χ0n) is 9.36. The van der Waals surface area contributed by atoms with Gasteiger partial charge in [-0.05, 0) is 23.6 Å². The number of aromatic nitrogens is 1. The number of halogens is 1. The van der Waals surface area contributed by atoms with Gasteiger partial charge >= 0.3 is 0 Å². The van der Waals surface area contributed by atoms with Crippen LogP contribution in [-0.2, 0) is 10.7 Å². The number of nitrogens with one attached hydrogen (secondary N) is 1. The van der Waals surface area contributed by atoms with Crippen molar-refractivity contribution >= 4 is 21.6 Å². The van der Waals surface area contributed by atoms with Crippen molar-refractivity contribution in [2.75, 3.05) is 11.9 Å². The highest BCUT2D eigenvalue weighted by molar-refractivity contribution is 9.09. The zero-order valence-corrected chi connectivity index (χ0v) is 10.9. The molecule has 1 atom stereocenters. The fourth-order valence-corrected chi connectivity index (χ4v) is 3.14. The maximum Gasteiger partial charge on any atom is 0.0739 e. The number of nitrogens with zero attached hydrogens (tertiary/aromatic N) is 1. The van der Waals surface area contributed by atoms with Crippen molar-refractivity contribution in [2.45, 2.75) is 10.7 Å². The number of fused-ring (bicyclic) bond motifs is 1. The lowest BCUT2D eigenvalue weighted by Gasteiger charge is -2.21. The van der Waals surface area contributed by atoms with Crippen molar-refractivity contribution in [2.24, 2.45) is 0 Å². The maximum absolute atomic E-state index is 4.15. The summed E-state index contributed by atoms with van der Waals surface area (Å²) in [6.45, 7) is 0.906. The van der Waals surface area contributed by atoms with Crippen molar-refractivity contribution in [3.63, 3.8) is 0 Å². The SMILES string of the molecule is BrC1(Cc2ccccc2)CNc2cnccc21. The number of alkyl halides is 1. The van der Waals surface area contributed by atoms with Crippen LogP contribution in [0.1, 0.15) is 11.1 Å². The molecule has 3 heteroatoms. The van der Waals surface area contributed by atoms with Crippen LogP contribution in [-0.4, -0.2) is 11.5 Å². The summed E-state index contributed by atoms with van der Waals surface area (Å²) in [6, 6.07) is 12.6. The minimum Gasteiger partial charge on any atom is -0.382 e. The fraction of sp³-hybridized carbons (Fsp3) is 0.214. The highest BCUT2D eigenvalue weighted by atomic mass is 79.9. The van der Waals surface area contributed by atoms with Gasteiger partial charge in [-0.2, -0.15) is 0 Å². The van der Waals surface area contributed by atoms with Gasteiger partial charge in [0, 0.05) is 12.7 Å². The Labute approximate surface area is 109 Å². The first-order valence-corrected chi connectivity index (χ1v) is 6.48. The molecular formula is C14H13BrN2. The van der Waals surface area contributed by atoms with E-state index in [0.29, 0.717) is 0 Å². The molecule has 0 bridgehead atoms. The van der Waals surface area contributed by atoms with Gasteiger partial charge in [-0.3, -0.25) is 4.98 Å². The van der Waals surface area contributed by atoms with E-state index in [0.717, 1.165) is 18.7 Å². The quantitative estimate of drug-likeness (QED) is 0.858. The predicted molar refractivity (Wildman–Crippen MR) is 73.5 cm³/mol. The number of hydrogen-bond donors (Lipinski definition) is 1. The highest BCUT2D eigenvalue weighted by Crippen LogP contribution is 2.43. The van der Waals surface area contributed by atoms with Gasteiger partial charge in [0.05, 0.1) is 16.2 Å². The molecule has 86 valence electrons. The first kappa shape index (κ1) is 10.8. The summed E-state index contributed by atoms with van der Waals surface area (Å²) in [6.07, 6.45) is 4.73. The van der Waals surface area contributed by atoms with Crippen molar-refractivity contribution in [1.29, 1.82) is 0 Å². The van der Waals surface area contributed by atoms with E-state index in [1.54, 1.807) is 0 Å². The van der Waals surface area contributed by atoms with Crippen LogP contribution in [0, 0.1) is 0 Å². The van der Waals surface area contributed by atoms with Gasteiger partial charge in [-0.1, -0.05) is 46.3 Å². The van der Waals surface area contributed by atoms with Crippen LogP contribution >= 0.6 is 15.9 Å². The molecule has 1 N–H and O–H groups in total. The van der Waals surface area contributed by atoms with E-state index >= 15 is 0 Å². The summed E-state index contributed by atoms with van der Waals surface area (Å²) in [4.78, 5) is 4.15. The van der Waals surface area contributed by atoms with Gasteiger partial charge < -0.3 is 5.32 Å². The molecule has 3 rings (SSSR count). The normalized spacial score (nSPS) is 21.9. The molecule has 1 aliphatic heterocycles. The molecule has 0 radical (unpaired) electrons. The van der Waals surface area contributed by atoms with Crippen molar-refractivity contribution in [1.82, 2.24) is 4.98 Å². The minimum absolute atomic E-state index is 0.00731. The van der Waals surface area contributed by atoms with Crippen LogP contribution in [0.5, 0.6) is 0 Å². The summed E-state index contributed by atoms with van der Waals surface area (Å²) in [5, 5.41) is 3.40. The summed E-state index contributed by atoms with van der Waals surface area (Å²) in [7, 11) is 0. The average Bonchev–Trinajstić information content (AvgIpc) is 2.69. The van der Waals surface area contributed by atoms with Crippen molar-refractivity contribution in [3.8, 4) is 0 Å². The molecule has 17 heavy (non-hydrogen) atoms. The van der Waals surface area contributed by atoms with Crippen LogP contribution in [0.4, 0.5) is 5.69 Å². The molecule has 0 amide bonds. The Morgan fingerprint density at radius 2 is 2.06 bits per heavy atom. The number of hydrogen-bond acceptors (Lipinski definition) is 2. The Hall–Kier alpha value is -1.35. The molecule has 1 aromatic carbocycles. The van der Waals surface area contributed by atoms with Gasteiger partial charge in [-0.25, -0.2) is 0 Å². The molecule has 1 unspecified atom stereocenters. The molecule has 2 heterocycles. The van der Waals surface area contributed by atoms with E-state index in [1.807, 2.05) is 12.4 Å². The monoisotopic (exact) mass is 288 g/mol. The topological polar surface area (TPSA) is 24.9 Å². The van der Waals surface area contributed by atoms with Crippen LogP contribution in [0.15, 0.2) is 48.8 Å². The van der Waals surface area contributed by atoms with Crippen LogP contribution < -0.4 is 5.32 Å². The van der Waals surface area contributed by atoms with Gasteiger partial charge in [0.1, 0.15) is 0 Å². The molecule has 2 nitrogen and oxygen atoms in total. The average molecular weight is 289 g/mol. The van der Waals surface area contributed by atoms with Crippen LogP contribution in [0.25, 0.3) is 0 Å². The van der Waals surface area contributed by atoms with Crippen LogP contribution in [0.2, 0.25) is 0 Å². The Balaban J connectivity index is 1.94. The third-order valence-corrected chi connectivity index (χ3v) is 4.18. The number of rotatable bonds is 2. The molecule has 0 fully saturated rings. The van der Waals surface area contributed by atoms with E-state index in [4.69, 9.17) is 0 Å². The molecule has 0 saturated carbocycles. The number of benzene rings is 1. The maximum atomic E-state index is 4.15. The molecule has 0 spiro atoms. The van der Waals surface area contributed by atoms with Gasteiger partial charge in [0.15, 0.2) is 0 Å². The van der Waals surface area contributed by atoms with Gasteiger partial charge in [0.2, 0.25) is 0 Å². The number of pyridine rings is 1. The second-order valence-corrected chi connectivity index (χ2v) is 5.92. The second-order valence-electron chi connectivity index (χ2n) is 4.40. The Bertz CT molecular complexity index is 527. The van der Waals surface area contributed by atoms with Gasteiger partial charge in [-0.15, -0.1) is 0 Å². The fourth-order valence-electron chi connectivity index (χ4n) is 2.33. The smallest absolute Gasteiger partial charge is 0.0739 e. The standard InChI is InChI=1S/C14H13BrN2/c15-14(8-11-4-2-1-3-5-11)10-17-13-9-16-7-6-12(13)14/h1-7,9,17H,8,10H2. The third-order valence-electron chi connectivity index (χ3n) is 3.19. The largest absolute Gasteiger partial charge is 0.382 e. The Morgan fingerprint density at radius 3 is 2.88 bits per heavy atom. The third kappa shape index (κ3) is 1.95. The summed E-state index contributed by atoms with van der Waals surface area (Å²) >= 11 is 3.89. The van der Waals surface area contributed by atoms with E-state index in [-0.39, 0.29) is 4.32 Å². The van der Waals surface area contributed by atoms with Crippen molar-refractivity contribution < 1.29 is 0 Å². The molecular weight excluding hydrogens is 276 g/mol. The highest BCUT2D eigenvalue weighted by Gasteiger charge is 2.36. The lowest BCUT2D eigenvalue weighted by atomic mass is 9.94. The summed E-state index contributed by atoms with van der Waals surface area (Å²) < 4.78 is -0.00731. The van der Waals surface area contributed by atoms with E-state index < -0.39 is 0 Å². The zero-order chi connectivity index (χ0) is 11.7. The van der Waals surface area contributed by atoms with E-state index in [2.05, 4.69) is 62.6 Å². The Kier molecular flexibility index (Phi) is 2.63. The molecule has 1 aliphatic rings. The summed E-state index contributed by atoms with van der Waals surface area (Å²) in [5.41, 5.74) is 3.78. The predicted octanol–water partition coefficient (Wildman–Crippen LogP) is 3.34. The molecule has 0 saturated heterocycles. The first-order valence-electron chi connectivity index (χ1n) is 5.69. The lowest BCUT2D eigenvalue weighted by molar-refractivity contribution is 0.698. The molecule has 1 aromatic heterocycles. The summed E-state index contributed by atoms with van der Waals surface area (Å²) in [5.74, 6) is 0. The first-order chi connectivity index (χ1) is 8.28. The van der Waals surface area contributed by atoms with Crippen LogP contribution in [0.3, 0.4) is 0 Å². The van der Waals surface area contributed by atoms with Gasteiger partial charge in [0.25, 0.3) is 0 Å². The van der Waals surface area contributed by atoms with E-state index in [9.17, 15) is 0 Å². The molecule has 0 aliphatic carbocycles. The number of anilines is 1. The minimum atomic E-state index is -0.00731. The van der Waals surface area contributed by atoms with E-state index in [1.165, 1.54) is 11.1 Å².